The molecule has 0 radical (unpaired) electrons. The van der Waals surface area contributed by atoms with E-state index in [4.69, 9.17) is 5.11 Å². The van der Waals surface area contributed by atoms with E-state index in [0.29, 0.717) is 6.54 Å². The zero-order chi connectivity index (χ0) is 11.0. The summed E-state index contributed by atoms with van der Waals surface area (Å²) in [5, 5.41) is 11.2. The standard InChI is InChI=1S/C10H17NO3/c1-3-5-9(12)11-7-8(4-2)6-10(13)14/h3,8H,1,4-7H2,2H3,(H,11,12)(H,13,14). The first-order valence-electron chi connectivity index (χ1n) is 4.69. The Kier molecular flexibility index (Phi) is 6.45. The maximum Gasteiger partial charge on any atom is 0.303 e. The van der Waals surface area contributed by atoms with E-state index in [1.165, 1.54) is 6.08 Å². The molecule has 0 aliphatic rings. The molecule has 1 unspecified atom stereocenters. The van der Waals surface area contributed by atoms with Crippen LogP contribution >= 0.6 is 0 Å². The maximum atomic E-state index is 11.0. The summed E-state index contributed by atoms with van der Waals surface area (Å²) >= 11 is 0. The third-order valence-corrected chi connectivity index (χ3v) is 1.96. The van der Waals surface area contributed by atoms with E-state index in [0.717, 1.165) is 6.42 Å². The van der Waals surface area contributed by atoms with Gasteiger partial charge in [-0.2, -0.15) is 0 Å². The van der Waals surface area contributed by atoms with Gasteiger partial charge < -0.3 is 10.4 Å². The largest absolute Gasteiger partial charge is 0.481 e. The van der Waals surface area contributed by atoms with Crippen LogP contribution in [0.3, 0.4) is 0 Å². The Bertz CT molecular complexity index is 213. The van der Waals surface area contributed by atoms with Crippen LogP contribution in [0.25, 0.3) is 0 Å². The molecule has 0 spiro atoms. The van der Waals surface area contributed by atoms with Gasteiger partial charge in [0.15, 0.2) is 0 Å². The Hall–Kier alpha value is -1.32. The summed E-state index contributed by atoms with van der Waals surface area (Å²) in [5.41, 5.74) is 0. The second-order valence-electron chi connectivity index (χ2n) is 3.17. The van der Waals surface area contributed by atoms with Crippen LogP contribution in [-0.4, -0.2) is 23.5 Å². The maximum absolute atomic E-state index is 11.0. The zero-order valence-electron chi connectivity index (χ0n) is 8.45. The lowest BCUT2D eigenvalue weighted by atomic mass is 10.0. The van der Waals surface area contributed by atoms with E-state index in [-0.39, 0.29) is 24.7 Å². The monoisotopic (exact) mass is 199 g/mol. The quantitative estimate of drug-likeness (QED) is 0.605. The summed E-state index contributed by atoms with van der Waals surface area (Å²) in [4.78, 5) is 21.4. The Balaban J connectivity index is 3.77. The fraction of sp³-hybridized carbons (Fsp3) is 0.600. The normalized spacial score (nSPS) is 11.8. The molecule has 4 nitrogen and oxygen atoms in total. The molecule has 0 aromatic rings. The van der Waals surface area contributed by atoms with Crippen molar-refractivity contribution < 1.29 is 14.7 Å². The number of hydrogen-bond acceptors (Lipinski definition) is 2. The molecule has 0 bridgehead atoms. The SMILES string of the molecule is C=CCC(=O)NCC(CC)CC(=O)O. The van der Waals surface area contributed by atoms with Crippen molar-refractivity contribution in [2.24, 2.45) is 5.92 Å². The lowest BCUT2D eigenvalue weighted by Crippen LogP contribution is -2.29. The van der Waals surface area contributed by atoms with Gasteiger partial charge in [-0.3, -0.25) is 9.59 Å². The molecule has 1 atom stereocenters. The fourth-order valence-corrected chi connectivity index (χ4v) is 1.07. The minimum Gasteiger partial charge on any atom is -0.481 e. The summed E-state index contributed by atoms with van der Waals surface area (Å²) in [6.45, 7) is 5.78. The van der Waals surface area contributed by atoms with Gasteiger partial charge in [-0.1, -0.05) is 19.4 Å². The highest BCUT2D eigenvalue weighted by molar-refractivity contribution is 5.77. The van der Waals surface area contributed by atoms with Crippen molar-refractivity contribution in [3.63, 3.8) is 0 Å². The molecule has 4 heteroatoms. The molecule has 14 heavy (non-hydrogen) atoms. The molecule has 0 aliphatic carbocycles. The van der Waals surface area contributed by atoms with Gasteiger partial charge in [0.1, 0.15) is 0 Å². The van der Waals surface area contributed by atoms with E-state index < -0.39 is 5.97 Å². The van der Waals surface area contributed by atoms with Crippen molar-refractivity contribution in [3.05, 3.63) is 12.7 Å². The van der Waals surface area contributed by atoms with Gasteiger partial charge in [0.05, 0.1) is 0 Å². The summed E-state index contributed by atoms with van der Waals surface area (Å²) < 4.78 is 0. The first-order chi connectivity index (χ1) is 6.60. The number of nitrogens with one attached hydrogen (secondary N) is 1. The van der Waals surface area contributed by atoms with Gasteiger partial charge in [0.2, 0.25) is 5.91 Å². The third kappa shape index (κ3) is 6.22. The molecule has 0 rings (SSSR count). The predicted molar refractivity (Wildman–Crippen MR) is 53.9 cm³/mol. The van der Waals surface area contributed by atoms with Crippen LogP contribution in [0.1, 0.15) is 26.2 Å². The summed E-state index contributed by atoms with van der Waals surface area (Å²) in [6, 6.07) is 0. The molecule has 2 N–H and O–H groups in total. The average molecular weight is 199 g/mol. The first-order valence-corrected chi connectivity index (χ1v) is 4.69. The van der Waals surface area contributed by atoms with Crippen LogP contribution in [0.4, 0.5) is 0 Å². The number of hydrogen-bond donors (Lipinski definition) is 2. The van der Waals surface area contributed by atoms with Crippen LogP contribution in [0.5, 0.6) is 0 Å². The molecule has 80 valence electrons. The summed E-state index contributed by atoms with van der Waals surface area (Å²) in [6.07, 6.45) is 2.66. The zero-order valence-corrected chi connectivity index (χ0v) is 8.45. The van der Waals surface area contributed by atoms with Gasteiger partial charge >= 0.3 is 5.97 Å². The molecule has 1 amide bonds. The number of carboxylic acids is 1. The molecule has 0 aromatic heterocycles. The van der Waals surface area contributed by atoms with Crippen molar-refractivity contribution >= 4 is 11.9 Å². The van der Waals surface area contributed by atoms with Gasteiger partial charge in [0, 0.05) is 19.4 Å². The third-order valence-electron chi connectivity index (χ3n) is 1.96. The molecular formula is C10H17NO3. The van der Waals surface area contributed by atoms with Crippen molar-refractivity contribution in [1.82, 2.24) is 5.32 Å². The average Bonchev–Trinajstić information content (AvgIpc) is 2.12. The van der Waals surface area contributed by atoms with E-state index in [1.807, 2.05) is 6.92 Å². The molecule has 0 aliphatic heterocycles. The minimum atomic E-state index is -0.824. The van der Waals surface area contributed by atoms with Crippen LogP contribution in [0.2, 0.25) is 0 Å². The van der Waals surface area contributed by atoms with E-state index in [1.54, 1.807) is 0 Å². The molecule has 0 saturated heterocycles. The van der Waals surface area contributed by atoms with Crippen molar-refractivity contribution in [2.45, 2.75) is 26.2 Å². The molecule has 0 saturated carbocycles. The first kappa shape index (κ1) is 12.7. The van der Waals surface area contributed by atoms with Crippen molar-refractivity contribution in [3.8, 4) is 0 Å². The van der Waals surface area contributed by atoms with Gasteiger partial charge in [0.25, 0.3) is 0 Å². The highest BCUT2D eigenvalue weighted by atomic mass is 16.4. The number of amides is 1. The highest BCUT2D eigenvalue weighted by Crippen LogP contribution is 2.06. The Morgan fingerprint density at radius 3 is 2.64 bits per heavy atom. The predicted octanol–water partition coefficient (Wildman–Crippen LogP) is 1.18. The smallest absolute Gasteiger partial charge is 0.303 e. The second-order valence-corrected chi connectivity index (χ2v) is 3.17. The van der Waals surface area contributed by atoms with E-state index >= 15 is 0 Å². The Labute approximate surface area is 84.0 Å². The summed E-state index contributed by atoms with van der Waals surface area (Å²) in [7, 11) is 0. The van der Waals surface area contributed by atoms with Crippen LogP contribution in [-0.2, 0) is 9.59 Å². The minimum absolute atomic E-state index is 0.0151. The molecule has 0 fully saturated rings. The van der Waals surface area contributed by atoms with Crippen LogP contribution in [0.15, 0.2) is 12.7 Å². The lowest BCUT2D eigenvalue weighted by molar-refractivity contribution is -0.138. The number of carbonyl (C=O) groups excluding carboxylic acids is 1. The lowest BCUT2D eigenvalue weighted by Gasteiger charge is -2.12. The van der Waals surface area contributed by atoms with E-state index in [2.05, 4.69) is 11.9 Å². The number of carboxylic acid groups (broad SMARTS) is 1. The van der Waals surface area contributed by atoms with Crippen LogP contribution in [0, 0.1) is 5.92 Å². The van der Waals surface area contributed by atoms with Crippen molar-refractivity contribution in [2.75, 3.05) is 6.54 Å². The number of aliphatic carboxylic acids is 1. The topological polar surface area (TPSA) is 66.4 Å². The highest BCUT2D eigenvalue weighted by Gasteiger charge is 2.11. The van der Waals surface area contributed by atoms with Gasteiger partial charge in [-0.15, -0.1) is 6.58 Å². The molecule has 0 heterocycles. The van der Waals surface area contributed by atoms with Crippen molar-refractivity contribution in [1.29, 1.82) is 0 Å². The summed E-state index contributed by atoms with van der Waals surface area (Å²) in [5.74, 6) is -0.917. The number of carbonyl (C=O) groups is 2. The molecule has 0 aromatic carbocycles. The molecular weight excluding hydrogens is 182 g/mol. The van der Waals surface area contributed by atoms with E-state index in [9.17, 15) is 9.59 Å². The van der Waals surface area contributed by atoms with Gasteiger partial charge in [-0.25, -0.2) is 0 Å². The van der Waals surface area contributed by atoms with Gasteiger partial charge in [-0.05, 0) is 5.92 Å². The Morgan fingerprint density at radius 2 is 2.21 bits per heavy atom. The fourth-order valence-electron chi connectivity index (χ4n) is 1.07. The Morgan fingerprint density at radius 1 is 1.57 bits per heavy atom. The van der Waals surface area contributed by atoms with Crippen LogP contribution < -0.4 is 5.32 Å². The second kappa shape index (κ2) is 7.12. The number of rotatable bonds is 7.